The van der Waals surface area contributed by atoms with Crippen molar-refractivity contribution >= 4 is 46.0 Å². The molecule has 2 aromatic carbocycles. The number of anilines is 1. The first-order valence-corrected chi connectivity index (χ1v) is 14.2. The quantitative estimate of drug-likeness (QED) is 0.304. The van der Waals surface area contributed by atoms with Gasteiger partial charge >= 0.3 is 5.69 Å². The van der Waals surface area contributed by atoms with Crippen molar-refractivity contribution in [2.24, 2.45) is 0 Å². The summed E-state index contributed by atoms with van der Waals surface area (Å²) in [7, 11) is 0. The highest BCUT2D eigenvalue weighted by molar-refractivity contribution is 7.99. The predicted molar refractivity (Wildman–Crippen MR) is 151 cm³/mol. The van der Waals surface area contributed by atoms with E-state index in [1.807, 2.05) is 24.8 Å². The average molecular weight is 575 g/mol. The summed E-state index contributed by atoms with van der Waals surface area (Å²) in [6.45, 7) is 10.2. The molecule has 0 bridgehead atoms. The maximum Gasteiger partial charge on any atom is 0.350 e. The Kier molecular flexibility index (Phi) is 7.98. The van der Waals surface area contributed by atoms with E-state index >= 15 is 4.39 Å². The minimum Gasteiger partial charge on any atom is -0.375 e. The number of amides is 1. The molecule has 1 amide bonds. The van der Waals surface area contributed by atoms with Gasteiger partial charge in [0.25, 0.3) is 0 Å². The topological polar surface area (TPSA) is 67.7 Å². The van der Waals surface area contributed by atoms with Crippen LogP contribution >= 0.6 is 23.4 Å². The third kappa shape index (κ3) is 5.17. The smallest absolute Gasteiger partial charge is 0.350 e. The molecule has 206 valence electrons. The van der Waals surface area contributed by atoms with Crippen LogP contribution in [0.1, 0.15) is 18.9 Å². The standard InChI is InChI=1S/C28H29ClF2N4O3S/c1-4-10-38-17-14-35-25-19(27(32-28(35)37)34-8-6-33(7-9-34)23(36)5-2)11-16(3)24(26(25)39-15-17)18-12-20(29)22(31)13-21(18)30/h5,11-13,17H,2,4,6-10,14-15H2,1,3H3. The summed E-state index contributed by atoms with van der Waals surface area (Å²) < 4.78 is 36.9. The van der Waals surface area contributed by atoms with Crippen LogP contribution in [0, 0.1) is 18.6 Å². The van der Waals surface area contributed by atoms with Gasteiger partial charge in [0.15, 0.2) is 0 Å². The minimum absolute atomic E-state index is 0.133. The van der Waals surface area contributed by atoms with Crippen molar-refractivity contribution in [1.29, 1.82) is 0 Å². The molecule has 1 fully saturated rings. The molecule has 1 atom stereocenters. The van der Waals surface area contributed by atoms with Crippen molar-refractivity contribution in [3.05, 3.63) is 63.6 Å². The summed E-state index contributed by atoms with van der Waals surface area (Å²) in [5.41, 5.74) is 1.69. The minimum atomic E-state index is -0.833. The number of nitrogens with zero attached hydrogens (tertiary/aromatic N) is 4. The number of carbonyl (C=O) groups excluding carboxylic acids is 1. The third-order valence-corrected chi connectivity index (χ3v) is 8.61. The van der Waals surface area contributed by atoms with Crippen LogP contribution in [-0.4, -0.2) is 65.0 Å². The molecule has 0 aliphatic carbocycles. The van der Waals surface area contributed by atoms with E-state index in [0.29, 0.717) is 66.9 Å². The Morgan fingerprint density at radius 1 is 1.23 bits per heavy atom. The van der Waals surface area contributed by atoms with E-state index in [1.54, 1.807) is 9.47 Å². The highest BCUT2D eigenvalue weighted by atomic mass is 35.5. The summed E-state index contributed by atoms with van der Waals surface area (Å²) in [5, 5.41) is 0.576. The van der Waals surface area contributed by atoms with Crippen molar-refractivity contribution in [3.8, 4) is 11.1 Å². The molecular formula is C28H29ClF2N4O3S. The fourth-order valence-corrected chi connectivity index (χ4v) is 6.70. The number of halogens is 3. The number of hydrogen-bond donors (Lipinski definition) is 0. The van der Waals surface area contributed by atoms with Crippen molar-refractivity contribution in [3.63, 3.8) is 0 Å². The number of thioether (sulfide) groups is 1. The summed E-state index contributed by atoms with van der Waals surface area (Å²) in [4.78, 5) is 34.6. The molecule has 2 aliphatic heterocycles. The van der Waals surface area contributed by atoms with Gasteiger partial charge in [-0.05, 0) is 37.1 Å². The SMILES string of the molecule is C=CC(=O)N1CCN(c2nc(=O)n3c4c(c(-c5cc(Cl)c(F)cc5F)c(C)cc24)SCC(OCCC)C3)CC1. The molecular weight excluding hydrogens is 546 g/mol. The third-order valence-electron chi connectivity index (χ3n) is 7.10. The normalized spacial score (nSPS) is 17.4. The van der Waals surface area contributed by atoms with Gasteiger partial charge in [-0.1, -0.05) is 25.1 Å². The van der Waals surface area contributed by atoms with Crippen LogP contribution in [-0.2, 0) is 16.1 Å². The Labute approximate surface area is 234 Å². The van der Waals surface area contributed by atoms with Gasteiger partial charge < -0.3 is 14.5 Å². The fraction of sp³-hybridized carbons (Fsp3) is 0.393. The van der Waals surface area contributed by atoms with Crippen LogP contribution in [0.25, 0.3) is 22.0 Å². The molecule has 11 heteroatoms. The second kappa shape index (κ2) is 11.3. The second-order valence-electron chi connectivity index (χ2n) is 9.69. The van der Waals surface area contributed by atoms with Gasteiger partial charge in [-0.25, -0.2) is 13.6 Å². The molecule has 3 aromatic rings. The Balaban J connectivity index is 1.71. The number of aryl methyl sites for hydroxylation is 1. The molecule has 3 heterocycles. The molecule has 1 aromatic heterocycles. The van der Waals surface area contributed by atoms with Crippen molar-refractivity contribution in [2.45, 2.75) is 37.8 Å². The molecule has 7 nitrogen and oxygen atoms in total. The maximum atomic E-state index is 15.2. The lowest BCUT2D eigenvalue weighted by Gasteiger charge is -2.35. The number of hydrogen-bond acceptors (Lipinski definition) is 6. The van der Waals surface area contributed by atoms with Gasteiger partial charge in [-0.15, -0.1) is 11.8 Å². The first kappa shape index (κ1) is 27.6. The number of rotatable bonds is 6. The van der Waals surface area contributed by atoms with E-state index < -0.39 is 17.3 Å². The molecule has 0 saturated carbocycles. The average Bonchev–Trinajstić information content (AvgIpc) is 3.12. The summed E-state index contributed by atoms with van der Waals surface area (Å²) in [6.07, 6.45) is 1.88. The molecule has 0 N–H and O–H groups in total. The van der Waals surface area contributed by atoms with Crippen LogP contribution in [0.5, 0.6) is 0 Å². The molecule has 2 aliphatic rings. The zero-order chi connectivity index (χ0) is 27.8. The van der Waals surface area contributed by atoms with Gasteiger partial charge in [-0.3, -0.25) is 9.36 Å². The van der Waals surface area contributed by atoms with Gasteiger partial charge in [0.2, 0.25) is 5.91 Å². The molecule has 39 heavy (non-hydrogen) atoms. The Bertz CT molecular complexity index is 1520. The Morgan fingerprint density at radius 3 is 2.67 bits per heavy atom. The van der Waals surface area contributed by atoms with Crippen molar-refractivity contribution in [1.82, 2.24) is 14.5 Å². The van der Waals surface area contributed by atoms with E-state index in [1.165, 1.54) is 23.9 Å². The van der Waals surface area contributed by atoms with Gasteiger partial charge in [0, 0.05) is 66.0 Å². The fourth-order valence-electron chi connectivity index (χ4n) is 5.21. The second-order valence-corrected chi connectivity index (χ2v) is 11.1. The van der Waals surface area contributed by atoms with Crippen LogP contribution in [0.2, 0.25) is 5.02 Å². The van der Waals surface area contributed by atoms with Crippen LogP contribution < -0.4 is 10.6 Å². The van der Waals surface area contributed by atoms with E-state index in [9.17, 15) is 14.0 Å². The maximum absolute atomic E-state index is 15.2. The Morgan fingerprint density at radius 2 is 1.97 bits per heavy atom. The first-order chi connectivity index (χ1) is 18.7. The number of piperazine rings is 1. The van der Waals surface area contributed by atoms with Crippen molar-refractivity contribution < 1.29 is 18.3 Å². The zero-order valence-electron chi connectivity index (χ0n) is 21.8. The van der Waals surface area contributed by atoms with Gasteiger partial charge in [0.1, 0.15) is 17.5 Å². The number of benzene rings is 2. The summed E-state index contributed by atoms with van der Waals surface area (Å²) in [5.74, 6) is -0.628. The summed E-state index contributed by atoms with van der Waals surface area (Å²) >= 11 is 7.57. The van der Waals surface area contributed by atoms with Crippen molar-refractivity contribution in [2.75, 3.05) is 43.4 Å². The van der Waals surface area contributed by atoms with E-state index in [0.717, 1.165) is 23.4 Å². The van der Waals surface area contributed by atoms with E-state index in [2.05, 4.69) is 11.6 Å². The predicted octanol–water partition coefficient (Wildman–Crippen LogP) is 5.04. The highest BCUT2D eigenvalue weighted by Crippen LogP contribution is 2.45. The molecule has 5 rings (SSSR count). The lowest BCUT2D eigenvalue weighted by molar-refractivity contribution is -0.126. The molecule has 1 saturated heterocycles. The number of carbonyl (C=O) groups is 1. The van der Waals surface area contributed by atoms with Crippen LogP contribution in [0.15, 0.2) is 40.5 Å². The largest absolute Gasteiger partial charge is 0.375 e. The Hall–Kier alpha value is -2.95. The number of aromatic nitrogens is 2. The summed E-state index contributed by atoms with van der Waals surface area (Å²) in [6, 6.07) is 3.99. The molecule has 1 unspecified atom stereocenters. The van der Waals surface area contributed by atoms with E-state index in [4.69, 9.17) is 16.3 Å². The number of ether oxygens (including phenoxy) is 1. The first-order valence-electron chi connectivity index (χ1n) is 12.9. The monoisotopic (exact) mass is 574 g/mol. The van der Waals surface area contributed by atoms with Gasteiger partial charge in [0.05, 0.1) is 23.2 Å². The molecule has 0 spiro atoms. The zero-order valence-corrected chi connectivity index (χ0v) is 23.4. The van der Waals surface area contributed by atoms with E-state index in [-0.39, 0.29) is 22.6 Å². The van der Waals surface area contributed by atoms with Gasteiger partial charge in [-0.2, -0.15) is 4.98 Å². The lowest BCUT2D eigenvalue weighted by Crippen LogP contribution is -2.49. The molecule has 0 radical (unpaired) electrons. The highest BCUT2D eigenvalue weighted by Gasteiger charge is 2.30. The van der Waals surface area contributed by atoms with Crippen LogP contribution in [0.3, 0.4) is 0 Å². The van der Waals surface area contributed by atoms with Crippen LogP contribution in [0.4, 0.5) is 14.6 Å². The lowest BCUT2D eigenvalue weighted by atomic mass is 9.97.